The van der Waals surface area contributed by atoms with E-state index in [0.29, 0.717) is 35.1 Å². The first-order valence-electron chi connectivity index (χ1n) is 14.5. The van der Waals surface area contributed by atoms with Gasteiger partial charge in [0.2, 0.25) is 0 Å². The van der Waals surface area contributed by atoms with Crippen molar-refractivity contribution < 1.29 is 19.8 Å². The number of aromatic carboxylic acids is 1. The molecule has 8 bridgehead atoms. The zero-order valence-corrected chi connectivity index (χ0v) is 25.3. The lowest BCUT2D eigenvalue weighted by Crippen LogP contribution is -2.07. The van der Waals surface area contributed by atoms with E-state index in [9.17, 15) is 19.8 Å². The first-order valence-corrected chi connectivity index (χ1v) is 14.5. The van der Waals surface area contributed by atoms with Crippen molar-refractivity contribution in [3.8, 4) is 0 Å². The Balaban J connectivity index is 1.98. The quantitative estimate of drug-likeness (QED) is 0.212. The standard InChI is InChI=1S/C33H39N5O4/c1-8-20-15(2)24-12-28-22(14-34-7)17(4)23(36-28)11-25-16(3)21(9-10-29(39)40)31(37-25)19(6)32-30(33(41)42)18(5)26(38-32)13-27(20)35-24/h11-13,16,21,34,36,38H,8-10,14H2,1-7H3,(H,39,40)(H,41,42)/t16-,21-/m0/s1. The van der Waals surface area contributed by atoms with Crippen LogP contribution in [0.15, 0.2) is 18.2 Å². The molecular weight excluding hydrogens is 530 g/mol. The lowest BCUT2D eigenvalue weighted by molar-refractivity contribution is -0.137. The minimum absolute atomic E-state index is 0.0000275. The third-order valence-corrected chi connectivity index (χ3v) is 9.00. The fraction of sp³-hybridized carbons (Fsp3) is 0.394. The topological polar surface area (TPSA) is 144 Å². The van der Waals surface area contributed by atoms with Crippen LogP contribution in [-0.4, -0.2) is 49.1 Å². The third-order valence-electron chi connectivity index (χ3n) is 9.00. The van der Waals surface area contributed by atoms with E-state index in [2.05, 4.69) is 55.1 Å². The Kier molecular flexibility index (Phi) is 7.81. The number of aryl methyl sites for hydroxylation is 3. The molecule has 0 saturated carbocycles. The lowest BCUT2D eigenvalue weighted by atomic mass is 9.86. The average Bonchev–Trinajstić information content (AvgIpc) is 3.61. The Morgan fingerprint density at radius 3 is 2.26 bits per heavy atom. The van der Waals surface area contributed by atoms with Crippen LogP contribution in [0.4, 0.5) is 0 Å². The zero-order valence-electron chi connectivity index (χ0n) is 25.3. The van der Waals surface area contributed by atoms with Gasteiger partial charge in [-0.2, -0.15) is 0 Å². The van der Waals surface area contributed by atoms with Gasteiger partial charge in [0.25, 0.3) is 0 Å². The first kappa shape index (κ1) is 29.3. The summed E-state index contributed by atoms with van der Waals surface area (Å²) >= 11 is 0. The highest BCUT2D eigenvalue weighted by Crippen LogP contribution is 2.42. The number of aliphatic carboxylic acids is 1. The number of hydrogen-bond acceptors (Lipinski definition) is 5. The van der Waals surface area contributed by atoms with E-state index < -0.39 is 11.9 Å². The molecule has 0 spiro atoms. The van der Waals surface area contributed by atoms with Crippen molar-refractivity contribution in [1.29, 1.82) is 0 Å². The number of H-pyrrole nitrogens is 2. The summed E-state index contributed by atoms with van der Waals surface area (Å²) in [6, 6.07) is 6.09. The van der Waals surface area contributed by atoms with E-state index >= 15 is 0 Å². The van der Waals surface area contributed by atoms with Crippen molar-refractivity contribution in [3.05, 3.63) is 68.8 Å². The van der Waals surface area contributed by atoms with E-state index in [1.165, 1.54) is 0 Å². The average molecular weight is 570 g/mol. The number of aromatic amines is 2. The Bertz CT molecular complexity index is 1810. The van der Waals surface area contributed by atoms with Crippen LogP contribution in [0.2, 0.25) is 0 Å². The Morgan fingerprint density at radius 1 is 0.929 bits per heavy atom. The summed E-state index contributed by atoms with van der Waals surface area (Å²) in [7, 11) is 1.93. The van der Waals surface area contributed by atoms with Crippen molar-refractivity contribution in [1.82, 2.24) is 25.3 Å². The van der Waals surface area contributed by atoms with Gasteiger partial charge in [-0.1, -0.05) is 13.8 Å². The molecule has 42 heavy (non-hydrogen) atoms. The molecule has 3 aromatic rings. The molecule has 0 unspecified atom stereocenters. The van der Waals surface area contributed by atoms with Crippen LogP contribution in [0, 0.1) is 20.8 Å². The van der Waals surface area contributed by atoms with E-state index in [4.69, 9.17) is 9.97 Å². The summed E-state index contributed by atoms with van der Waals surface area (Å²) in [5.74, 6) is -2.12. The van der Waals surface area contributed by atoms with Crippen molar-refractivity contribution in [3.63, 3.8) is 0 Å². The second kappa shape index (κ2) is 11.2. The second-order valence-corrected chi connectivity index (χ2v) is 11.5. The number of carboxylic acids is 2. The molecule has 0 aliphatic carbocycles. The van der Waals surface area contributed by atoms with Crippen LogP contribution in [0.3, 0.4) is 0 Å². The predicted octanol–water partition coefficient (Wildman–Crippen LogP) is 6.75. The highest BCUT2D eigenvalue weighted by atomic mass is 16.4. The molecule has 5 N–H and O–H groups in total. The molecule has 5 heterocycles. The molecule has 0 radical (unpaired) electrons. The largest absolute Gasteiger partial charge is 0.481 e. The molecule has 5 rings (SSSR count). The smallest absolute Gasteiger partial charge is 0.338 e. The van der Waals surface area contributed by atoms with Crippen molar-refractivity contribution in [2.45, 2.75) is 79.2 Å². The van der Waals surface area contributed by atoms with Gasteiger partial charge in [-0.25, -0.2) is 9.78 Å². The Labute approximate surface area is 245 Å². The first-order chi connectivity index (χ1) is 20.0. The van der Waals surface area contributed by atoms with Gasteiger partial charge in [-0.15, -0.1) is 0 Å². The van der Waals surface area contributed by atoms with Crippen molar-refractivity contribution in [2.75, 3.05) is 7.05 Å². The molecule has 9 heteroatoms. The summed E-state index contributed by atoms with van der Waals surface area (Å²) in [5, 5.41) is 23.1. The number of rotatable bonds is 7. The Morgan fingerprint density at radius 2 is 1.62 bits per heavy atom. The lowest BCUT2D eigenvalue weighted by Gasteiger charge is -2.16. The van der Waals surface area contributed by atoms with E-state index in [1.54, 1.807) is 0 Å². The molecule has 3 aromatic heterocycles. The van der Waals surface area contributed by atoms with Gasteiger partial charge in [0.1, 0.15) is 0 Å². The maximum Gasteiger partial charge on any atom is 0.338 e. The molecule has 2 aliphatic heterocycles. The third kappa shape index (κ3) is 4.91. The zero-order chi connectivity index (χ0) is 30.5. The molecule has 9 nitrogen and oxygen atoms in total. The van der Waals surface area contributed by atoms with Gasteiger partial charge in [-0.3, -0.25) is 9.78 Å². The van der Waals surface area contributed by atoms with Crippen LogP contribution in [0.25, 0.3) is 33.2 Å². The van der Waals surface area contributed by atoms with Crippen LogP contribution >= 0.6 is 0 Å². The van der Waals surface area contributed by atoms with Crippen LogP contribution in [-0.2, 0) is 11.3 Å². The minimum atomic E-state index is -1.03. The molecular formula is C33H39N5O4. The predicted molar refractivity (Wildman–Crippen MR) is 166 cm³/mol. The number of hydrogen-bond donors (Lipinski definition) is 5. The minimum Gasteiger partial charge on any atom is -0.481 e. The van der Waals surface area contributed by atoms with Gasteiger partial charge in [0.15, 0.2) is 0 Å². The van der Waals surface area contributed by atoms with Gasteiger partial charge in [0, 0.05) is 52.7 Å². The molecule has 0 amide bonds. The molecule has 2 aliphatic rings. The van der Waals surface area contributed by atoms with Crippen LogP contribution in [0.5, 0.6) is 0 Å². The van der Waals surface area contributed by atoms with Crippen LogP contribution < -0.4 is 5.32 Å². The normalized spacial score (nSPS) is 16.7. The van der Waals surface area contributed by atoms with E-state index in [1.807, 2.05) is 27.0 Å². The maximum atomic E-state index is 12.6. The van der Waals surface area contributed by atoms with Crippen molar-refractivity contribution in [2.24, 2.45) is 0 Å². The van der Waals surface area contributed by atoms with Crippen LogP contribution in [0.1, 0.15) is 107 Å². The summed E-state index contributed by atoms with van der Waals surface area (Å²) in [6.45, 7) is 12.7. The fourth-order valence-corrected chi connectivity index (χ4v) is 6.50. The SMILES string of the molecule is CCC1=C(C)c2cc3[nH]c(cc4nc(c(C)c5[nH]c(cc1n2)c(C)c5C(=O)O)[C@@H](CCC(=O)O)[C@@H]4C)c(C)c3CNC. The summed E-state index contributed by atoms with van der Waals surface area (Å²) in [4.78, 5) is 41.3. The number of allylic oxidation sites excluding steroid dienone is 2. The number of nitrogens with one attached hydrogen (secondary N) is 3. The molecule has 0 aromatic carbocycles. The molecule has 220 valence electrons. The number of carbonyl (C=O) groups is 2. The molecule has 2 atom stereocenters. The van der Waals surface area contributed by atoms with E-state index in [-0.39, 0.29) is 23.8 Å². The fourth-order valence-electron chi connectivity index (χ4n) is 6.50. The van der Waals surface area contributed by atoms with Gasteiger partial charge < -0.3 is 25.5 Å². The number of nitrogens with zero attached hydrogens (tertiary/aromatic N) is 2. The molecule has 0 saturated heterocycles. The summed E-state index contributed by atoms with van der Waals surface area (Å²) in [5.41, 5.74) is 12.3. The van der Waals surface area contributed by atoms with Crippen molar-refractivity contribution >= 4 is 45.2 Å². The maximum absolute atomic E-state index is 12.6. The highest BCUT2D eigenvalue weighted by molar-refractivity contribution is 6.02. The van der Waals surface area contributed by atoms with Gasteiger partial charge in [-0.05, 0) is 99.2 Å². The summed E-state index contributed by atoms with van der Waals surface area (Å²) in [6.07, 6.45) is 1.18. The second-order valence-electron chi connectivity index (χ2n) is 11.5. The number of carboxylic acid groups (broad SMARTS) is 2. The molecule has 0 fully saturated rings. The van der Waals surface area contributed by atoms with Gasteiger partial charge in [0.05, 0.1) is 22.5 Å². The Hall–Kier alpha value is -4.24. The summed E-state index contributed by atoms with van der Waals surface area (Å²) < 4.78 is 0. The highest BCUT2D eigenvalue weighted by Gasteiger charge is 2.32. The van der Waals surface area contributed by atoms with E-state index in [0.717, 1.165) is 62.5 Å². The van der Waals surface area contributed by atoms with Gasteiger partial charge >= 0.3 is 11.9 Å². The number of fused-ring (bicyclic) bond motifs is 8. The monoisotopic (exact) mass is 569 g/mol. The number of aromatic nitrogens is 4.